The molecule has 2 aliphatic heterocycles. The van der Waals surface area contributed by atoms with Gasteiger partial charge < -0.3 is 10.4 Å². The summed E-state index contributed by atoms with van der Waals surface area (Å²) >= 11 is 0. The fourth-order valence-electron chi connectivity index (χ4n) is 2.10. The van der Waals surface area contributed by atoms with Crippen LogP contribution < -0.4 is 5.32 Å². The first-order chi connectivity index (χ1) is 4.77. The molecular formula is C7H11NO2. The van der Waals surface area contributed by atoms with Crippen molar-refractivity contribution in [2.75, 3.05) is 0 Å². The molecule has 0 saturated carbocycles. The van der Waals surface area contributed by atoms with E-state index >= 15 is 0 Å². The molecule has 0 amide bonds. The molecule has 2 heterocycles. The van der Waals surface area contributed by atoms with E-state index in [4.69, 9.17) is 5.11 Å². The quantitative estimate of drug-likeness (QED) is 0.549. The number of carboxylic acid groups (broad SMARTS) is 1. The minimum Gasteiger partial charge on any atom is -0.481 e. The number of carbonyl (C=O) groups is 1. The molecular weight excluding hydrogens is 130 g/mol. The van der Waals surface area contributed by atoms with Gasteiger partial charge in [-0.15, -0.1) is 0 Å². The van der Waals surface area contributed by atoms with E-state index in [1.807, 2.05) is 0 Å². The average molecular weight is 141 g/mol. The van der Waals surface area contributed by atoms with E-state index in [1.54, 1.807) is 0 Å². The minimum absolute atomic E-state index is 0.0984. The zero-order valence-corrected chi connectivity index (χ0v) is 5.71. The van der Waals surface area contributed by atoms with Gasteiger partial charge >= 0.3 is 5.97 Å². The number of hydrogen-bond acceptors (Lipinski definition) is 2. The second-order valence-corrected chi connectivity index (χ2v) is 3.23. The summed E-state index contributed by atoms with van der Waals surface area (Å²) in [5.74, 6) is -0.724. The lowest BCUT2D eigenvalue weighted by atomic mass is 9.89. The number of carboxylic acids is 1. The van der Waals surface area contributed by atoms with Gasteiger partial charge in [0.05, 0.1) is 5.92 Å². The molecule has 2 aliphatic rings. The second kappa shape index (κ2) is 1.95. The van der Waals surface area contributed by atoms with Crippen molar-refractivity contribution in [3.8, 4) is 0 Å². The molecule has 0 aromatic rings. The number of nitrogens with one attached hydrogen (secondary N) is 1. The Morgan fingerprint density at radius 1 is 1.50 bits per heavy atom. The van der Waals surface area contributed by atoms with Gasteiger partial charge in [0.1, 0.15) is 0 Å². The summed E-state index contributed by atoms with van der Waals surface area (Å²) in [5.41, 5.74) is 0. The molecule has 2 saturated heterocycles. The van der Waals surface area contributed by atoms with Crippen LogP contribution in [0.15, 0.2) is 0 Å². The van der Waals surface area contributed by atoms with Gasteiger partial charge in [0.25, 0.3) is 0 Å². The number of aliphatic carboxylic acids is 1. The zero-order chi connectivity index (χ0) is 7.14. The number of hydrogen-bond donors (Lipinski definition) is 2. The summed E-state index contributed by atoms with van der Waals surface area (Å²) < 4.78 is 0. The molecule has 0 aliphatic carbocycles. The number of rotatable bonds is 1. The average Bonchev–Trinajstić information content (AvgIpc) is 2.44. The summed E-state index contributed by atoms with van der Waals surface area (Å²) in [6.07, 6.45) is 3.08. The summed E-state index contributed by atoms with van der Waals surface area (Å²) in [4.78, 5) is 10.6. The van der Waals surface area contributed by atoms with Crippen molar-refractivity contribution >= 4 is 5.97 Å². The highest BCUT2D eigenvalue weighted by molar-refractivity contribution is 5.71. The van der Waals surface area contributed by atoms with Gasteiger partial charge in [-0.25, -0.2) is 0 Å². The first-order valence-corrected chi connectivity index (χ1v) is 3.76. The van der Waals surface area contributed by atoms with Gasteiger partial charge in [-0.2, -0.15) is 0 Å². The molecule has 2 N–H and O–H groups in total. The molecule has 10 heavy (non-hydrogen) atoms. The first-order valence-electron chi connectivity index (χ1n) is 3.76. The lowest BCUT2D eigenvalue weighted by molar-refractivity contribution is -0.142. The van der Waals surface area contributed by atoms with Crippen LogP contribution in [0.25, 0.3) is 0 Å². The van der Waals surface area contributed by atoms with Crippen molar-refractivity contribution in [3.05, 3.63) is 0 Å². The van der Waals surface area contributed by atoms with E-state index < -0.39 is 5.97 Å². The molecule has 2 fully saturated rings. The smallest absolute Gasteiger partial charge is 0.308 e. The normalized spacial score (nSPS) is 44.2. The third-order valence-electron chi connectivity index (χ3n) is 2.62. The van der Waals surface area contributed by atoms with Crippen molar-refractivity contribution < 1.29 is 9.90 Å². The molecule has 0 unspecified atom stereocenters. The van der Waals surface area contributed by atoms with Gasteiger partial charge in [0, 0.05) is 12.1 Å². The Labute approximate surface area is 59.4 Å². The predicted octanol–water partition coefficient (Wildman–Crippen LogP) is 0.212. The van der Waals surface area contributed by atoms with Crippen LogP contribution in [0.3, 0.4) is 0 Å². The Kier molecular flexibility index (Phi) is 1.20. The third-order valence-corrected chi connectivity index (χ3v) is 2.62. The van der Waals surface area contributed by atoms with Crippen LogP contribution in [-0.2, 0) is 4.79 Å². The molecule has 0 radical (unpaired) electrons. The largest absolute Gasteiger partial charge is 0.481 e. The van der Waals surface area contributed by atoms with Crippen molar-refractivity contribution in [1.82, 2.24) is 5.32 Å². The maximum atomic E-state index is 10.6. The highest BCUT2D eigenvalue weighted by Crippen LogP contribution is 2.32. The Morgan fingerprint density at radius 2 is 2.30 bits per heavy atom. The molecule has 0 aromatic carbocycles. The molecule has 2 bridgehead atoms. The highest BCUT2D eigenvalue weighted by Gasteiger charge is 2.42. The zero-order valence-electron chi connectivity index (χ0n) is 5.71. The molecule has 3 heteroatoms. The molecule has 0 spiro atoms. The summed E-state index contributed by atoms with van der Waals surface area (Å²) in [5, 5.41) is 12.0. The minimum atomic E-state index is -0.625. The Morgan fingerprint density at radius 3 is 2.60 bits per heavy atom. The standard InChI is InChI=1S/C7H11NO2/c9-7(10)5-3-4-1-2-6(5)8-4/h4-6,8H,1-3H2,(H,9,10)/t4-,5+,6+/m0/s1. The van der Waals surface area contributed by atoms with Crippen LogP contribution in [0.5, 0.6) is 0 Å². The van der Waals surface area contributed by atoms with Crippen LogP contribution in [0.1, 0.15) is 19.3 Å². The van der Waals surface area contributed by atoms with E-state index in [1.165, 1.54) is 6.42 Å². The molecule has 2 rings (SSSR count). The third kappa shape index (κ3) is 0.736. The monoisotopic (exact) mass is 141 g/mol. The van der Waals surface area contributed by atoms with Crippen molar-refractivity contribution in [1.29, 1.82) is 0 Å². The highest BCUT2D eigenvalue weighted by atomic mass is 16.4. The van der Waals surface area contributed by atoms with Crippen LogP contribution in [-0.4, -0.2) is 23.2 Å². The summed E-state index contributed by atoms with van der Waals surface area (Å²) in [6, 6.07) is 0.786. The SMILES string of the molecule is O=C(O)[C@@H]1C[C@@H]2CC[C@H]1N2. The van der Waals surface area contributed by atoms with Gasteiger partial charge in [0.2, 0.25) is 0 Å². The van der Waals surface area contributed by atoms with E-state index in [2.05, 4.69) is 5.32 Å². The maximum absolute atomic E-state index is 10.6. The Bertz CT molecular complexity index is 169. The molecule has 3 nitrogen and oxygen atoms in total. The van der Waals surface area contributed by atoms with Crippen LogP contribution in [0, 0.1) is 5.92 Å². The van der Waals surface area contributed by atoms with E-state index in [9.17, 15) is 4.79 Å². The summed E-state index contributed by atoms with van der Waals surface area (Å²) in [7, 11) is 0. The van der Waals surface area contributed by atoms with Crippen LogP contribution in [0.2, 0.25) is 0 Å². The van der Waals surface area contributed by atoms with E-state index in [-0.39, 0.29) is 12.0 Å². The van der Waals surface area contributed by atoms with Gasteiger partial charge in [-0.05, 0) is 19.3 Å². The fourth-order valence-corrected chi connectivity index (χ4v) is 2.10. The van der Waals surface area contributed by atoms with Crippen LogP contribution in [0.4, 0.5) is 0 Å². The number of fused-ring (bicyclic) bond motifs is 2. The molecule has 0 aromatic heterocycles. The Hall–Kier alpha value is -0.570. The van der Waals surface area contributed by atoms with E-state index in [0.29, 0.717) is 6.04 Å². The first kappa shape index (κ1) is 6.16. The van der Waals surface area contributed by atoms with Gasteiger partial charge in [-0.3, -0.25) is 4.79 Å². The fraction of sp³-hybridized carbons (Fsp3) is 0.857. The predicted molar refractivity (Wildman–Crippen MR) is 35.7 cm³/mol. The lowest BCUT2D eigenvalue weighted by Crippen LogP contribution is -2.28. The summed E-state index contributed by atoms with van der Waals surface area (Å²) in [6.45, 7) is 0. The Balaban J connectivity index is 2.08. The van der Waals surface area contributed by atoms with Gasteiger partial charge in [-0.1, -0.05) is 0 Å². The van der Waals surface area contributed by atoms with Crippen molar-refractivity contribution in [2.45, 2.75) is 31.3 Å². The van der Waals surface area contributed by atoms with Crippen LogP contribution >= 0.6 is 0 Å². The maximum Gasteiger partial charge on any atom is 0.308 e. The van der Waals surface area contributed by atoms with Crippen molar-refractivity contribution in [2.24, 2.45) is 5.92 Å². The molecule has 3 atom stereocenters. The topological polar surface area (TPSA) is 49.3 Å². The van der Waals surface area contributed by atoms with E-state index in [0.717, 1.165) is 12.8 Å². The lowest BCUT2D eigenvalue weighted by Gasteiger charge is -2.14. The van der Waals surface area contributed by atoms with Gasteiger partial charge in [0.15, 0.2) is 0 Å². The van der Waals surface area contributed by atoms with Crippen molar-refractivity contribution in [3.63, 3.8) is 0 Å². The second-order valence-electron chi connectivity index (χ2n) is 3.23. The molecule has 56 valence electrons.